The smallest absolute Gasteiger partial charge is 0.247 e. The molecule has 2 aromatic carbocycles. The monoisotopic (exact) mass is 459 g/mol. The van der Waals surface area contributed by atoms with Gasteiger partial charge in [-0.15, -0.1) is 0 Å². The summed E-state index contributed by atoms with van der Waals surface area (Å²) in [5.41, 5.74) is 2.40. The molecule has 0 spiro atoms. The lowest BCUT2D eigenvalue weighted by molar-refractivity contribution is -0.111. The number of ether oxygens (including phenoxy) is 2. The average Bonchev–Trinajstić information content (AvgIpc) is 3.21. The van der Waals surface area contributed by atoms with E-state index in [2.05, 4.69) is 32.8 Å². The van der Waals surface area contributed by atoms with Gasteiger partial charge in [-0.05, 0) is 30.3 Å². The maximum absolute atomic E-state index is 14.6. The van der Waals surface area contributed by atoms with Crippen LogP contribution < -0.4 is 15.0 Å². The number of benzene rings is 2. The first kappa shape index (κ1) is 19.6. The molecule has 1 fully saturated rings. The van der Waals surface area contributed by atoms with Crippen molar-refractivity contribution >= 4 is 45.1 Å². The van der Waals surface area contributed by atoms with Crippen LogP contribution in [0.5, 0.6) is 5.75 Å². The zero-order valence-electron chi connectivity index (χ0n) is 15.5. The van der Waals surface area contributed by atoms with Crippen LogP contribution in [0.25, 0.3) is 0 Å². The van der Waals surface area contributed by atoms with Crippen molar-refractivity contribution in [1.29, 1.82) is 0 Å². The number of fused-ring (bicyclic) bond motifs is 1. The Labute approximate surface area is 176 Å². The van der Waals surface area contributed by atoms with Crippen LogP contribution in [0, 0.1) is 5.82 Å². The van der Waals surface area contributed by atoms with E-state index < -0.39 is 0 Å². The second-order valence-electron chi connectivity index (χ2n) is 6.68. The minimum atomic E-state index is -0.363. The standard InChI is InChI=1S/C21H19BrFN3O3/c1-2-21(27)25-17-7-13-10-24-12-26(18-4-3-14(22)8-16(18)23)19(13)9-20(17)29-15-5-6-28-11-15/h2-4,7-10,15H,1,5-6,11-12H2,(H,25,27)/t15-/m0/s1. The third-order valence-corrected chi connectivity index (χ3v) is 5.19. The lowest BCUT2D eigenvalue weighted by Gasteiger charge is -2.29. The Kier molecular flexibility index (Phi) is 5.64. The highest BCUT2D eigenvalue weighted by Gasteiger charge is 2.24. The van der Waals surface area contributed by atoms with Gasteiger partial charge in [0.1, 0.15) is 24.3 Å². The van der Waals surface area contributed by atoms with Gasteiger partial charge in [0.05, 0.1) is 30.3 Å². The summed E-state index contributed by atoms with van der Waals surface area (Å²) in [6, 6.07) is 8.47. The second-order valence-corrected chi connectivity index (χ2v) is 7.60. The molecule has 2 aliphatic rings. The van der Waals surface area contributed by atoms with Crippen LogP contribution in [0.15, 0.2) is 52.5 Å². The Balaban J connectivity index is 1.77. The van der Waals surface area contributed by atoms with Crippen molar-refractivity contribution in [2.24, 2.45) is 4.99 Å². The van der Waals surface area contributed by atoms with Gasteiger partial charge in [0.15, 0.2) is 0 Å². The molecule has 1 amide bonds. The fourth-order valence-electron chi connectivity index (χ4n) is 3.29. The molecule has 0 bridgehead atoms. The van der Waals surface area contributed by atoms with Gasteiger partial charge in [-0.1, -0.05) is 22.5 Å². The summed E-state index contributed by atoms with van der Waals surface area (Å²) in [5, 5.41) is 2.77. The molecule has 0 radical (unpaired) electrons. The molecule has 0 unspecified atom stereocenters. The quantitative estimate of drug-likeness (QED) is 0.672. The average molecular weight is 460 g/mol. The predicted molar refractivity (Wildman–Crippen MR) is 114 cm³/mol. The number of nitrogens with zero attached hydrogens (tertiary/aromatic N) is 2. The lowest BCUT2D eigenvalue weighted by atomic mass is 10.1. The topological polar surface area (TPSA) is 63.2 Å². The van der Waals surface area contributed by atoms with Crippen LogP contribution in [0.3, 0.4) is 0 Å². The fraction of sp³-hybridized carbons (Fsp3) is 0.238. The van der Waals surface area contributed by atoms with E-state index >= 15 is 0 Å². The molecule has 0 aliphatic carbocycles. The van der Waals surface area contributed by atoms with Gasteiger partial charge in [0.25, 0.3) is 0 Å². The van der Waals surface area contributed by atoms with E-state index in [-0.39, 0.29) is 24.5 Å². The number of carbonyl (C=O) groups excluding carboxylic acids is 1. The van der Waals surface area contributed by atoms with Crippen LogP contribution in [-0.4, -0.2) is 38.1 Å². The molecule has 4 rings (SSSR count). The Hall–Kier alpha value is -2.71. The first-order chi connectivity index (χ1) is 14.0. The maximum atomic E-state index is 14.6. The summed E-state index contributed by atoms with van der Waals surface area (Å²) in [6.45, 7) is 4.88. The van der Waals surface area contributed by atoms with E-state index in [1.54, 1.807) is 35.4 Å². The molecule has 0 aromatic heterocycles. The second kappa shape index (κ2) is 8.34. The van der Waals surface area contributed by atoms with Crippen molar-refractivity contribution in [2.75, 3.05) is 30.1 Å². The molecule has 29 heavy (non-hydrogen) atoms. The van der Waals surface area contributed by atoms with Crippen LogP contribution in [0.4, 0.5) is 21.5 Å². The summed E-state index contributed by atoms with van der Waals surface area (Å²) >= 11 is 3.28. The number of aliphatic imine (C=N–C) groups is 1. The number of hydrogen-bond acceptors (Lipinski definition) is 5. The Bertz CT molecular complexity index is 989. The largest absolute Gasteiger partial charge is 0.486 e. The van der Waals surface area contributed by atoms with E-state index in [4.69, 9.17) is 9.47 Å². The first-order valence-electron chi connectivity index (χ1n) is 9.13. The zero-order chi connectivity index (χ0) is 20.4. The van der Waals surface area contributed by atoms with Gasteiger partial charge < -0.3 is 19.7 Å². The minimum Gasteiger partial charge on any atom is -0.486 e. The molecule has 6 nitrogen and oxygen atoms in total. The lowest BCUT2D eigenvalue weighted by Crippen LogP contribution is -2.24. The number of hydrogen-bond donors (Lipinski definition) is 1. The Morgan fingerprint density at radius 1 is 1.38 bits per heavy atom. The molecule has 2 heterocycles. The molecular formula is C21H19BrFN3O3. The molecule has 150 valence electrons. The summed E-state index contributed by atoms with van der Waals surface area (Å²) in [5.74, 6) is -0.216. The molecular weight excluding hydrogens is 441 g/mol. The van der Waals surface area contributed by atoms with Gasteiger partial charge in [0.2, 0.25) is 5.91 Å². The van der Waals surface area contributed by atoms with E-state index in [9.17, 15) is 9.18 Å². The van der Waals surface area contributed by atoms with Crippen molar-refractivity contribution in [3.05, 3.63) is 58.8 Å². The predicted octanol–water partition coefficient (Wildman–Crippen LogP) is 4.41. The van der Waals surface area contributed by atoms with Crippen LogP contribution in [0.1, 0.15) is 12.0 Å². The summed E-state index contributed by atoms with van der Waals surface area (Å²) in [6.07, 6.45) is 3.55. The molecule has 1 saturated heterocycles. The maximum Gasteiger partial charge on any atom is 0.247 e. The van der Waals surface area contributed by atoms with Gasteiger partial charge in [-0.25, -0.2) is 4.39 Å². The van der Waals surface area contributed by atoms with Crippen LogP contribution in [-0.2, 0) is 9.53 Å². The van der Waals surface area contributed by atoms with Gasteiger partial charge in [-0.2, -0.15) is 0 Å². The number of halogens is 2. The number of rotatable bonds is 5. The van der Waals surface area contributed by atoms with E-state index in [0.717, 1.165) is 17.7 Å². The third kappa shape index (κ3) is 4.18. The van der Waals surface area contributed by atoms with Gasteiger partial charge in [0, 0.05) is 28.7 Å². The van der Waals surface area contributed by atoms with E-state index in [1.807, 2.05) is 0 Å². The van der Waals surface area contributed by atoms with Gasteiger partial charge in [-0.3, -0.25) is 9.79 Å². The normalized spacial score (nSPS) is 17.7. The molecule has 1 atom stereocenters. The highest BCUT2D eigenvalue weighted by molar-refractivity contribution is 9.10. The van der Waals surface area contributed by atoms with Crippen molar-refractivity contribution in [2.45, 2.75) is 12.5 Å². The summed E-state index contributed by atoms with van der Waals surface area (Å²) < 4.78 is 26.8. The first-order valence-corrected chi connectivity index (χ1v) is 9.92. The molecule has 2 aromatic rings. The van der Waals surface area contributed by atoms with Crippen molar-refractivity contribution in [3.63, 3.8) is 0 Å². The molecule has 0 saturated carbocycles. The fourth-order valence-corrected chi connectivity index (χ4v) is 3.62. The minimum absolute atomic E-state index is 0.109. The SMILES string of the molecule is C=CC(=O)Nc1cc2c(cc1O[C@H]1CCOC1)N(c1ccc(Br)cc1F)CN=C2. The van der Waals surface area contributed by atoms with E-state index in [1.165, 1.54) is 12.1 Å². The molecule has 8 heteroatoms. The molecule has 1 N–H and O–H groups in total. The van der Waals surface area contributed by atoms with E-state index in [0.29, 0.717) is 34.8 Å². The number of anilines is 3. The molecule has 2 aliphatic heterocycles. The summed E-state index contributed by atoms with van der Waals surface area (Å²) in [7, 11) is 0. The van der Waals surface area contributed by atoms with Crippen molar-refractivity contribution in [1.82, 2.24) is 0 Å². The van der Waals surface area contributed by atoms with Crippen molar-refractivity contribution < 1.29 is 18.7 Å². The number of amides is 1. The zero-order valence-corrected chi connectivity index (χ0v) is 17.1. The number of nitrogens with one attached hydrogen (secondary N) is 1. The van der Waals surface area contributed by atoms with Crippen LogP contribution in [0.2, 0.25) is 0 Å². The van der Waals surface area contributed by atoms with Gasteiger partial charge >= 0.3 is 0 Å². The van der Waals surface area contributed by atoms with Crippen LogP contribution >= 0.6 is 15.9 Å². The Morgan fingerprint density at radius 2 is 2.24 bits per heavy atom. The third-order valence-electron chi connectivity index (χ3n) is 4.70. The number of carbonyl (C=O) groups is 1. The highest BCUT2D eigenvalue weighted by Crippen LogP contribution is 2.39. The summed E-state index contributed by atoms with van der Waals surface area (Å²) in [4.78, 5) is 18.0. The Morgan fingerprint density at radius 3 is 2.97 bits per heavy atom. The van der Waals surface area contributed by atoms with Crippen molar-refractivity contribution in [3.8, 4) is 5.75 Å². The highest BCUT2D eigenvalue weighted by atomic mass is 79.9.